The molecule has 2 heterocycles. The van der Waals surface area contributed by atoms with Crippen molar-refractivity contribution >= 4 is 11.9 Å². The molecule has 0 unspecified atom stereocenters. The summed E-state index contributed by atoms with van der Waals surface area (Å²) in [5.74, 6) is -0.266. The zero-order valence-electron chi connectivity index (χ0n) is 11.9. The van der Waals surface area contributed by atoms with Crippen LogP contribution in [-0.2, 0) is 6.42 Å². The van der Waals surface area contributed by atoms with E-state index in [2.05, 4.69) is 50.0 Å². The largest absolute Gasteiger partial charge is 0.286 e. The Bertz CT molecular complexity index is 767. The molecule has 7 nitrogen and oxygen atoms in total. The van der Waals surface area contributed by atoms with Crippen molar-refractivity contribution in [3.8, 4) is 11.3 Å². The fourth-order valence-electron chi connectivity index (χ4n) is 2.01. The molecule has 0 bridgehead atoms. The van der Waals surface area contributed by atoms with Crippen LogP contribution in [-0.4, -0.2) is 31.5 Å². The van der Waals surface area contributed by atoms with Crippen molar-refractivity contribution in [3.63, 3.8) is 0 Å². The van der Waals surface area contributed by atoms with Gasteiger partial charge in [0.05, 0.1) is 5.69 Å². The smallest absolute Gasteiger partial charge is 0.276 e. The van der Waals surface area contributed by atoms with Crippen LogP contribution in [0.1, 0.15) is 23.0 Å². The van der Waals surface area contributed by atoms with Gasteiger partial charge in [0.15, 0.2) is 0 Å². The number of rotatable bonds is 4. The van der Waals surface area contributed by atoms with E-state index in [0.717, 1.165) is 17.7 Å². The maximum Gasteiger partial charge on any atom is 0.276 e. The van der Waals surface area contributed by atoms with Crippen molar-refractivity contribution in [1.82, 2.24) is 25.6 Å². The first-order chi connectivity index (χ1) is 10.8. The Balaban J connectivity index is 1.83. The van der Waals surface area contributed by atoms with Gasteiger partial charge in [0.25, 0.3) is 11.9 Å². The SMILES string of the molecule is CCc1ccc(-c2cccc(C(=O)Nc3nn[nH]n3)n2)cc1. The number of hydrogen-bond donors (Lipinski definition) is 2. The summed E-state index contributed by atoms with van der Waals surface area (Å²) in [5, 5.41) is 15.5. The van der Waals surface area contributed by atoms with Crippen molar-refractivity contribution in [2.45, 2.75) is 13.3 Å². The molecule has 0 fully saturated rings. The molecule has 0 aliphatic heterocycles. The quantitative estimate of drug-likeness (QED) is 0.768. The first kappa shape index (κ1) is 13.9. The van der Waals surface area contributed by atoms with E-state index >= 15 is 0 Å². The minimum absolute atomic E-state index is 0.115. The van der Waals surface area contributed by atoms with Crippen LogP contribution in [0.3, 0.4) is 0 Å². The maximum absolute atomic E-state index is 12.1. The molecular formula is C15H14N6O. The Morgan fingerprint density at radius 2 is 2.00 bits per heavy atom. The summed E-state index contributed by atoms with van der Waals surface area (Å²) in [6, 6.07) is 13.4. The number of amides is 1. The van der Waals surface area contributed by atoms with Gasteiger partial charge in [-0.1, -0.05) is 42.4 Å². The molecule has 0 spiro atoms. The van der Waals surface area contributed by atoms with E-state index in [1.54, 1.807) is 12.1 Å². The highest BCUT2D eigenvalue weighted by Crippen LogP contribution is 2.18. The second kappa shape index (κ2) is 6.13. The summed E-state index contributed by atoms with van der Waals surface area (Å²) >= 11 is 0. The predicted molar refractivity (Wildman–Crippen MR) is 81.2 cm³/mol. The number of H-pyrrole nitrogens is 1. The summed E-state index contributed by atoms with van der Waals surface area (Å²) < 4.78 is 0. The highest BCUT2D eigenvalue weighted by Gasteiger charge is 2.11. The molecule has 3 aromatic rings. The van der Waals surface area contributed by atoms with Crippen LogP contribution < -0.4 is 5.32 Å². The standard InChI is InChI=1S/C15H14N6O/c1-2-10-6-8-11(9-7-10)12-4-3-5-13(16-12)14(22)17-15-18-20-21-19-15/h3-9H,2H2,1H3,(H2,17,18,19,20,21,22). The van der Waals surface area contributed by atoms with Crippen LogP contribution in [0.4, 0.5) is 5.95 Å². The number of nitrogens with one attached hydrogen (secondary N) is 2. The van der Waals surface area contributed by atoms with Gasteiger partial charge in [-0.15, -0.1) is 5.10 Å². The van der Waals surface area contributed by atoms with Crippen molar-refractivity contribution in [1.29, 1.82) is 0 Å². The molecule has 2 N–H and O–H groups in total. The van der Waals surface area contributed by atoms with Gasteiger partial charge in [0, 0.05) is 5.56 Å². The molecule has 110 valence electrons. The molecule has 0 saturated carbocycles. The van der Waals surface area contributed by atoms with Crippen LogP contribution in [0.5, 0.6) is 0 Å². The molecule has 0 saturated heterocycles. The average Bonchev–Trinajstić information content (AvgIpc) is 3.08. The topological polar surface area (TPSA) is 96.5 Å². The Labute approximate surface area is 126 Å². The minimum atomic E-state index is -0.381. The zero-order chi connectivity index (χ0) is 15.4. The van der Waals surface area contributed by atoms with Gasteiger partial charge in [-0.05, 0) is 29.3 Å². The highest BCUT2D eigenvalue weighted by molar-refractivity contribution is 6.02. The monoisotopic (exact) mass is 294 g/mol. The van der Waals surface area contributed by atoms with Crippen molar-refractivity contribution < 1.29 is 4.79 Å². The van der Waals surface area contributed by atoms with E-state index in [-0.39, 0.29) is 11.9 Å². The number of pyridine rings is 1. The lowest BCUT2D eigenvalue weighted by atomic mass is 10.1. The number of carbonyl (C=O) groups is 1. The first-order valence-corrected chi connectivity index (χ1v) is 6.87. The van der Waals surface area contributed by atoms with Crippen molar-refractivity contribution in [3.05, 3.63) is 53.7 Å². The van der Waals surface area contributed by atoms with Crippen LogP contribution in [0.15, 0.2) is 42.5 Å². The maximum atomic E-state index is 12.1. The number of aryl methyl sites for hydroxylation is 1. The number of aromatic nitrogens is 5. The number of aromatic amines is 1. The van der Waals surface area contributed by atoms with Crippen LogP contribution in [0, 0.1) is 0 Å². The molecule has 0 aliphatic rings. The lowest BCUT2D eigenvalue weighted by Crippen LogP contribution is -2.14. The molecule has 0 aliphatic carbocycles. The minimum Gasteiger partial charge on any atom is -0.286 e. The van der Waals surface area contributed by atoms with E-state index in [0.29, 0.717) is 5.69 Å². The highest BCUT2D eigenvalue weighted by atomic mass is 16.2. The normalized spacial score (nSPS) is 10.4. The third-order valence-electron chi connectivity index (χ3n) is 3.21. The van der Waals surface area contributed by atoms with E-state index < -0.39 is 0 Å². The van der Waals surface area contributed by atoms with Gasteiger partial charge in [0.1, 0.15) is 5.69 Å². The summed E-state index contributed by atoms with van der Waals surface area (Å²) in [7, 11) is 0. The Morgan fingerprint density at radius 1 is 1.18 bits per heavy atom. The number of hydrogen-bond acceptors (Lipinski definition) is 5. The fraction of sp³-hybridized carbons (Fsp3) is 0.133. The Hall–Kier alpha value is -3.09. The number of tetrazole rings is 1. The van der Waals surface area contributed by atoms with Gasteiger partial charge in [0.2, 0.25) is 0 Å². The second-order valence-electron chi connectivity index (χ2n) is 4.65. The Morgan fingerprint density at radius 3 is 2.68 bits per heavy atom. The molecule has 0 radical (unpaired) electrons. The lowest BCUT2D eigenvalue weighted by molar-refractivity contribution is 0.102. The van der Waals surface area contributed by atoms with Crippen LogP contribution >= 0.6 is 0 Å². The molecule has 2 aromatic heterocycles. The summed E-state index contributed by atoms with van der Waals surface area (Å²) in [6.07, 6.45) is 0.987. The van der Waals surface area contributed by atoms with Gasteiger partial charge < -0.3 is 0 Å². The molecule has 22 heavy (non-hydrogen) atoms. The van der Waals surface area contributed by atoms with E-state index in [1.807, 2.05) is 18.2 Å². The molecular weight excluding hydrogens is 280 g/mol. The number of anilines is 1. The average molecular weight is 294 g/mol. The fourth-order valence-corrected chi connectivity index (χ4v) is 2.01. The molecule has 1 amide bonds. The second-order valence-corrected chi connectivity index (χ2v) is 4.65. The number of carbonyl (C=O) groups excluding carboxylic acids is 1. The van der Waals surface area contributed by atoms with Gasteiger partial charge >= 0.3 is 0 Å². The summed E-state index contributed by atoms with van der Waals surface area (Å²) in [4.78, 5) is 16.5. The molecule has 3 rings (SSSR count). The van der Waals surface area contributed by atoms with Gasteiger partial charge in [-0.2, -0.15) is 5.21 Å². The molecule has 0 atom stereocenters. The number of nitrogens with zero attached hydrogens (tertiary/aromatic N) is 4. The lowest BCUT2D eigenvalue weighted by Gasteiger charge is -2.05. The van der Waals surface area contributed by atoms with Crippen LogP contribution in [0.2, 0.25) is 0 Å². The van der Waals surface area contributed by atoms with E-state index in [4.69, 9.17) is 0 Å². The Kier molecular flexibility index (Phi) is 3.86. The van der Waals surface area contributed by atoms with E-state index in [1.165, 1.54) is 5.56 Å². The van der Waals surface area contributed by atoms with Gasteiger partial charge in [-0.25, -0.2) is 4.98 Å². The van der Waals surface area contributed by atoms with Crippen molar-refractivity contribution in [2.75, 3.05) is 5.32 Å². The third kappa shape index (κ3) is 2.98. The summed E-state index contributed by atoms with van der Waals surface area (Å²) in [6.45, 7) is 2.11. The zero-order valence-corrected chi connectivity index (χ0v) is 11.9. The molecule has 7 heteroatoms. The predicted octanol–water partition coefficient (Wildman–Crippen LogP) is 2.08. The van der Waals surface area contributed by atoms with E-state index in [9.17, 15) is 4.79 Å². The van der Waals surface area contributed by atoms with Crippen LogP contribution in [0.25, 0.3) is 11.3 Å². The summed E-state index contributed by atoms with van der Waals surface area (Å²) in [5.41, 5.74) is 3.26. The number of benzene rings is 1. The first-order valence-electron chi connectivity index (χ1n) is 6.87. The van der Waals surface area contributed by atoms with Crippen molar-refractivity contribution in [2.24, 2.45) is 0 Å². The third-order valence-corrected chi connectivity index (χ3v) is 3.21. The van der Waals surface area contributed by atoms with Gasteiger partial charge in [-0.3, -0.25) is 10.1 Å². The molecule has 1 aromatic carbocycles.